The summed E-state index contributed by atoms with van der Waals surface area (Å²) in [5.74, 6) is 0.150. The lowest BCUT2D eigenvalue weighted by molar-refractivity contribution is -0.139. The maximum Gasteiger partial charge on any atom is 0.326 e. The third-order valence-electron chi connectivity index (χ3n) is 6.67. The molecule has 6 nitrogen and oxygen atoms in total. The van der Waals surface area contributed by atoms with Gasteiger partial charge >= 0.3 is 5.97 Å². The molecule has 0 aliphatic rings. The van der Waals surface area contributed by atoms with Crippen LogP contribution in [0.1, 0.15) is 33.5 Å². The van der Waals surface area contributed by atoms with Gasteiger partial charge in [-0.15, -0.1) is 0 Å². The first kappa shape index (κ1) is 28.8. The topological polar surface area (TPSA) is 92.7 Å². The summed E-state index contributed by atoms with van der Waals surface area (Å²) in [5.41, 5.74) is 5.32. The van der Waals surface area contributed by atoms with Gasteiger partial charge in [0.05, 0.1) is 0 Å². The van der Waals surface area contributed by atoms with Gasteiger partial charge in [-0.2, -0.15) is 0 Å². The summed E-state index contributed by atoms with van der Waals surface area (Å²) >= 11 is 0. The summed E-state index contributed by atoms with van der Waals surface area (Å²) in [5, 5.41) is 12.2. The fourth-order valence-corrected chi connectivity index (χ4v) is 5.03. The molecule has 1 amide bonds. The van der Waals surface area contributed by atoms with Crippen LogP contribution in [0.2, 0.25) is 0 Å². The lowest BCUT2D eigenvalue weighted by atomic mass is 9.92. The van der Waals surface area contributed by atoms with E-state index in [1.165, 1.54) is 6.26 Å². The average molecular weight is 556 g/mol. The van der Waals surface area contributed by atoms with Crippen LogP contribution in [0.25, 0.3) is 11.1 Å². The minimum atomic E-state index is -1.15. The van der Waals surface area contributed by atoms with Crippen molar-refractivity contribution in [1.82, 2.24) is 5.32 Å². The molecular weight excluding hydrogens is 522 g/mol. The van der Waals surface area contributed by atoms with E-state index < -0.39 is 28.7 Å². The van der Waals surface area contributed by atoms with Crippen LogP contribution in [0.3, 0.4) is 0 Å². The number of hydrogen-bond donors (Lipinski definition) is 2. The number of carboxylic acid groups (broad SMARTS) is 1. The molecule has 1 unspecified atom stereocenters. The molecule has 0 radical (unpaired) electrons. The predicted octanol–water partition coefficient (Wildman–Crippen LogP) is 6.19. The predicted molar refractivity (Wildman–Crippen MR) is 159 cm³/mol. The Bertz CT molecular complexity index is 1480. The molecule has 0 bridgehead atoms. The van der Waals surface area contributed by atoms with E-state index >= 15 is 0 Å². The van der Waals surface area contributed by atoms with Crippen molar-refractivity contribution in [2.75, 3.05) is 12.0 Å². The van der Waals surface area contributed by atoms with Crippen molar-refractivity contribution >= 4 is 22.7 Å². The molecule has 7 heteroatoms. The van der Waals surface area contributed by atoms with E-state index in [4.69, 9.17) is 4.74 Å². The van der Waals surface area contributed by atoms with Crippen molar-refractivity contribution in [3.63, 3.8) is 0 Å². The van der Waals surface area contributed by atoms with Gasteiger partial charge < -0.3 is 15.2 Å². The van der Waals surface area contributed by atoms with Gasteiger partial charge in [0, 0.05) is 28.4 Å². The SMILES string of the molecule is Cc1ccccc1-c1cc(CCc2ccc(Oc3ccccc3)cc2)ccc1C(=O)N[C@@H](CCS(C)=O)C(=O)O. The molecule has 0 aromatic heterocycles. The van der Waals surface area contributed by atoms with E-state index in [0.717, 1.165) is 52.2 Å². The molecular formula is C33H33NO5S. The van der Waals surface area contributed by atoms with Crippen LogP contribution in [0.5, 0.6) is 11.5 Å². The second-order valence-corrected chi connectivity index (χ2v) is 11.2. The van der Waals surface area contributed by atoms with E-state index in [0.29, 0.717) is 5.56 Å². The first-order chi connectivity index (χ1) is 19.3. The van der Waals surface area contributed by atoms with Gasteiger partial charge in [-0.1, -0.05) is 66.7 Å². The second kappa shape index (κ2) is 13.7. The summed E-state index contributed by atoms with van der Waals surface area (Å²) < 4.78 is 17.4. The van der Waals surface area contributed by atoms with E-state index in [-0.39, 0.29) is 12.2 Å². The highest BCUT2D eigenvalue weighted by molar-refractivity contribution is 7.84. The van der Waals surface area contributed by atoms with E-state index in [9.17, 15) is 18.9 Å². The fourth-order valence-electron chi connectivity index (χ4n) is 4.46. The second-order valence-electron chi connectivity index (χ2n) is 9.68. The van der Waals surface area contributed by atoms with Crippen molar-refractivity contribution in [2.45, 2.75) is 32.2 Å². The number of hydrogen-bond acceptors (Lipinski definition) is 4. The number of nitrogens with one attached hydrogen (secondary N) is 1. The molecule has 4 aromatic rings. The quantitative estimate of drug-likeness (QED) is 0.217. The molecule has 40 heavy (non-hydrogen) atoms. The normalized spacial score (nSPS) is 12.3. The smallest absolute Gasteiger partial charge is 0.326 e. The standard InChI is InChI=1S/C33H33NO5S/c1-23-8-6-7-11-28(23)30-22-25(16-19-29(30)32(35)34-31(33(36)37)20-21-40(2)38)13-12-24-14-17-27(18-15-24)39-26-9-4-3-5-10-26/h3-11,14-19,22,31H,12-13,20-21H2,1-2H3,(H,34,35)(H,36,37)/t31-,40?/m0/s1. The van der Waals surface area contributed by atoms with Crippen LogP contribution < -0.4 is 10.1 Å². The molecule has 0 saturated heterocycles. The number of carbonyl (C=O) groups is 2. The zero-order chi connectivity index (χ0) is 28.5. The molecule has 0 saturated carbocycles. The number of carbonyl (C=O) groups excluding carboxylic acids is 1. The van der Waals surface area contributed by atoms with Crippen LogP contribution in [-0.2, 0) is 28.4 Å². The molecule has 0 aliphatic heterocycles. The van der Waals surface area contributed by atoms with Gasteiger partial charge in [0.2, 0.25) is 0 Å². The highest BCUT2D eigenvalue weighted by Gasteiger charge is 2.23. The summed E-state index contributed by atoms with van der Waals surface area (Å²) in [6, 6.07) is 30.1. The Morgan fingerprint density at radius 2 is 1.45 bits per heavy atom. The van der Waals surface area contributed by atoms with Crippen LogP contribution in [0.4, 0.5) is 0 Å². The Morgan fingerprint density at radius 3 is 2.12 bits per heavy atom. The molecule has 4 aromatic carbocycles. The number of amides is 1. The zero-order valence-corrected chi connectivity index (χ0v) is 23.4. The Kier molecular flexibility index (Phi) is 9.86. The lowest BCUT2D eigenvalue weighted by Gasteiger charge is -2.17. The third kappa shape index (κ3) is 7.90. The van der Waals surface area contributed by atoms with Crippen molar-refractivity contribution in [2.24, 2.45) is 0 Å². The van der Waals surface area contributed by atoms with Gasteiger partial charge in [-0.25, -0.2) is 4.79 Å². The summed E-state index contributed by atoms with van der Waals surface area (Å²) in [7, 11) is -1.15. The van der Waals surface area contributed by atoms with Crippen molar-refractivity contribution < 1.29 is 23.6 Å². The number of rotatable bonds is 12. The molecule has 0 spiro atoms. The Labute approximate surface area is 237 Å². The highest BCUT2D eigenvalue weighted by atomic mass is 32.2. The van der Waals surface area contributed by atoms with Crippen LogP contribution >= 0.6 is 0 Å². The maximum atomic E-state index is 13.3. The van der Waals surface area contributed by atoms with Gasteiger partial charge in [0.15, 0.2) is 0 Å². The summed E-state index contributed by atoms with van der Waals surface area (Å²) in [6.07, 6.45) is 3.18. The minimum absolute atomic E-state index is 0.0944. The van der Waals surface area contributed by atoms with E-state index in [2.05, 4.69) is 17.4 Å². The van der Waals surface area contributed by atoms with Crippen molar-refractivity contribution in [3.05, 3.63) is 119 Å². The lowest BCUT2D eigenvalue weighted by Crippen LogP contribution is -2.41. The third-order valence-corrected chi connectivity index (χ3v) is 7.48. The Hall–Kier alpha value is -4.23. The minimum Gasteiger partial charge on any atom is -0.480 e. The fraction of sp³-hybridized carbons (Fsp3) is 0.212. The van der Waals surface area contributed by atoms with E-state index in [1.54, 1.807) is 6.07 Å². The number of para-hydroxylation sites is 1. The molecule has 206 valence electrons. The average Bonchev–Trinajstić information content (AvgIpc) is 2.95. The van der Waals surface area contributed by atoms with Crippen molar-refractivity contribution in [3.8, 4) is 22.6 Å². The number of benzene rings is 4. The molecule has 0 heterocycles. The zero-order valence-electron chi connectivity index (χ0n) is 22.6. The van der Waals surface area contributed by atoms with Gasteiger partial charge in [-0.05, 0) is 84.3 Å². The summed E-state index contributed by atoms with van der Waals surface area (Å²) in [6.45, 7) is 1.99. The molecule has 4 rings (SSSR count). The molecule has 0 fully saturated rings. The molecule has 2 N–H and O–H groups in total. The van der Waals surface area contributed by atoms with Crippen LogP contribution in [-0.4, -0.2) is 39.2 Å². The monoisotopic (exact) mass is 555 g/mol. The largest absolute Gasteiger partial charge is 0.480 e. The van der Waals surface area contributed by atoms with E-state index in [1.807, 2.05) is 85.8 Å². The van der Waals surface area contributed by atoms with Gasteiger partial charge in [0.25, 0.3) is 5.91 Å². The Morgan fingerprint density at radius 1 is 0.825 bits per heavy atom. The van der Waals surface area contributed by atoms with Crippen LogP contribution in [0, 0.1) is 6.92 Å². The first-order valence-corrected chi connectivity index (χ1v) is 14.9. The maximum absolute atomic E-state index is 13.3. The molecule has 0 aliphatic carbocycles. The number of carboxylic acids is 1. The number of aryl methyl sites for hydroxylation is 3. The first-order valence-electron chi connectivity index (χ1n) is 13.1. The Balaban J connectivity index is 1.52. The number of aliphatic carboxylic acids is 1. The van der Waals surface area contributed by atoms with Crippen molar-refractivity contribution in [1.29, 1.82) is 0 Å². The molecule has 2 atom stereocenters. The van der Waals surface area contributed by atoms with Crippen LogP contribution in [0.15, 0.2) is 97.1 Å². The summed E-state index contributed by atoms with van der Waals surface area (Å²) in [4.78, 5) is 25.1. The van der Waals surface area contributed by atoms with Gasteiger partial charge in [-0.3, -0.25) is 9.00 Å². The highest BCUT2D eigenvalue weighted by Crippen LogP contribution is 2.29. The van der Waals surface area contributed by atoms with Gasteiger partial charge in [0.1, 0.15) is 17.5 Å². The number of ether oxygens (including phenoxy) is 1.